The van der Waals surface area contributed by atoms with Gasteiger partial charge in [-0.15, -0.1) is 0 Å². The van der Waals surface area contributed by atoms with Crippen LogP contribution in [0.5, 0.6) is 5.75 Å². The fourth-order valence-corrected chi connectivity index (χ4v) is 4.13. The third-order valence-corrected chi connectivity index (χ3v) is 6.02. The fourth-order valence-electron chi connectivity index (χ4n) is 3.94. The Hall–Kier alpha value is -3.96. The zero-order valence-corrected chi connectivity index (χ0v) is 20.1. The van der Waals surface area contributed by atoms with Crippen LogP contribution in [0.15, 0.2) is 47.3 Å². The predicted octanol–water partition coefficient (Wildman–Crippen LogP) is 3.07. The number of halogens is 3. The summed E-state index contributed by atoms with van der Waals surface area (Å²) in [6.45, 7) is 1.38. The van der Waals surface area contributed by atoms with E-state index in [1.807, 2.05) is 0 Å². The van der Waals surface area contributed by atoms with E-state index in [0.29, 0.717) is 22.8 Å². The van der Waals surface area contributed by atoms with Gasteiger partial charge in [0.2, 0.25) is 5.91 Å². The van der Waals surface area contributed by atoms with Gasteiger partial charge in [0.1, 0.15) is 35.7 Å². The number of hydrogen-bond acceptors (Lipinski definition) is 5. The number of benzene rings is 2. The Morgan fingerprint density at radius 2 is 1.86 bits per heavy atom. The molecule has 12 heteroatoms. The molecule has 1 aromatic heterocycles. The molecule has 0 atom stereocenters. The molecule has 0 fully saturated rings. The van der Waals surface area contributed by atoms with Gasteiger partial charge in [-0.25, -0.2) is 13.6 Å². The summed E-state index contributed by atoms with van der Waals surface area (Å²) in [4.78, 5) is 40.3. The van der Waals surface area contributed by atoms with Gasteiger partial charge in [0, 0.05) is 23.4 Å². The lowest BCUT2D eigenvalue weighted by Crippen LogP contribution is -2.43. The van der Waals surface area contributed by atoms with E-state index in [9.17, 15) is 23.2 Å². The van der Waals surface area contributed by atoms with Gasteiger partial charge in [-0.2, -0.15) is 0 Å². The van der Waals surface area contributed by atoms with E-state index in [-0.39, 0.29) is 42.1 Å². The first-order valence-electron chi connectivity index (χ1n) is 10.8. The van der Waals surface area contributed by atoms with Crippen molar-refractivity contribution < 1.29 is 23.1 Å². The Balaban J connectivity index is 1.69. The molecule has 1 aliphatic heterocycles. The predicted molar refractivity (Wildman–Crippen MR) is 131 cm³/mol. The molecule has 0 spiro atoms. The standard InChI is InChI=1S/C24H22ClF2N5O4/c1-13-7-20(36-11-14-3-4-15(26)8-17(14)27)22(25)23(34)32(13)16-5-6-18-19(9-16)31(24(28)35)12-30(18)21(33)10-29-2/h3-9,29H,10-12H2,1-2H3,(H2,28,35). The quantitative estimate of drug-likeness (QED) is 0.522. The number of nitrogens with zero attached hydrogens (tertiary/aromatic N) is 3. The number of nitrogens with one attached hydrogen (secondary N) is 1. The first-order valence-corrected chi connectivity index (χ1v) is 11.2. The first kappa shape index (κ1) is 25.1. The molecular formula is C24H22ClF2N5O4. The molecule has 0 saturated carbocycles. The number of aromatic nitrogens is 1. The number of rotatable bonds is 6. The third kappa shape index (κ3) is 4.62. The highest BCUT2D eigenvalue weighted by Crippen LogP contribution is 2.38. The van der Waals surface area contributed by atoms with E-state index in [4.69, 9.17) is 22.1 Å². The Kier molecular flexibility index (Phi) is 6.95. The second-order valence-corrected chi connectivity index (χ2v) is 8.44. The van der Waals surface area contributed by atoms with Crippen LogP contribution in [0.4, 0.5) is 25.0 Å². The molecule has 0 aliphatic carbocycles. The van der Waals surface area contributed by atoms with Gasteiger partial charge in [-0.1, -0.05) is 11.6 Å². The Bertz CT molecular complexity index is 1430. The lowest BCUT2D eigenvalue weighted by Gasteiger charge is -2.17. The molecule has 3 amide bonds. The number of amides is 3. The minimum absolute atomic E-state index is 0.0305. The maximum Gasteiger partial charge on any atom is 0.320 e. The van der Waals surface area contributed by atoms with Gasteiger partial charge >= 0.3 is 6.03 Å². The number of pyridine rings is 1. The average molecular weight is 518 g/mol. The van der Waals surface area contributed by atoms with Crippen LogP contribution in [0.3, 0.4) is 0 Å². The zero-order chi connectivity index (χ0) is 26.1. The number of primary amides is 1. The normalized spacial score (nSPS) is 12.6. The molecule has 9 nitrogen and oxygen atoms in total. The highest BCUT2D eigenvalue weighted by Gasteiger charge is 2.33. The lowest BCUT2D eigenvalue weighted by molar-refractivity contribution is -0.117. The average Bonchev–Trinajstić information content (AvgIpc) is 3.21. The zero-order valence-electron chi connectivity index (χ0n) is 19.3. The molecule has 3 aromatic rings. The Morgan fingerprint density at radius 3 is 2.53 bits per heavy atom. The van der Waals surface area contributed by atoms with Crippen molar-refractivity contribution in [2.45, 2.75) is 13.5 Å². The maximum absolute atomic E-state index is 13.9. The molecule has 36 heavy (non-hydrogen) atoms. The van der Waals surface area contributed by atoms with Gasteiger partial charge in [0.05, 0.1) is 23.6 Å². The Labute approximate surface area is 209 Å². The fraction of sp³-hybridized carbons (Fsp3) is 0.208. The molecule has 4 rings (SSSR count). The molecule has 2 aromatic carbocycles. The minimum Gasteiger partial charge on any atom is -0.487 e. The summed E-state index contributed by atoms with van der Waals surface area (Å²) in [5.74, 6) is -1.73. The summed E-state index contributed by atoms with van der Waals surface area (Å²) in [5, 5.41) is 2.52. The summed E-state index contributed by atoms with van der Waals surface area (Å²) in [7, 11) is 1.63. The molecule has 0 radical (unpaired) electrons. The van der Waals surface area contributed by atoms with Crippen molar-refractivity contribution in [1.29, 1.82) is 0 Å². The number of ether oxygens (including phenoxy) is 1. The summed E-state index contributed by atoms with van der Waals surface area (Å²) in [6, 6.07) is 8.62. The molecule has 3 N–H and O–H groups in total. The van der Waals surface area contributed by atoms with Crippen LogP contribution >= 0.6 is 11.6 Å². The van der Waals surface area contributed by atoms with Crippen molar-refractivity contribution in [2.24, 2.45) is 5.73 Å². The topological polar surface area (TPSA) is 110 Å². The number of likely N-dealkylation sites (N-methyl/N-ethyl adjacent to an activating group) is 1. The monoisotopic (exact) mass is 517 g/mol. The number of carbonyl (C=O) groups is 2. The number of hydrogen-bond donors (Lipinski definition) is 2. The van der Waals surface area contributed by atoms with Crippen LogP contribution in [-0.2, 0) is 11.4 Å². The van der Waals surface area contributed by atoms with Crippen LogP contribution in [0.1, 0.15) is 11.3 Å². The number of fused-ring (bicyclic) bond motifs is 1. The van der Waals surface area contributed by atoms with Gasteiger partial charge in [-0.05, 0) is 44.3 Å². The van der Waals surface area contributed by atoms with E-state index in [2.05, 4.69) is 5.32 Å². The Morgan fingerprint density at radius 1 is 1.11 bits per heavy atom. The van der Waals surface area contributed by atoms with Crippen LogP contribution in [0.25, 0.3) is 5.69 Å². The highest BCUT2D eigenvalue weighted by atomic mass is 35.5. The SMILES string of the molecule is CNCC(=O)N1CN(C(N)=O)c2cc(-n3c(C)cc(OCc4ccc(F)cc4F)c(Cl)c3=O)ccc21. The van der Waals surface area contributed by atoms with Crippen LogP contribution in [-0.4, -0.2) is 36.8 Å². The van der Waals surface area contributed by atoms with E-state index >= 15 is 0 Å². The summed E-state index contributed by atoms with van der Waals surface area (Å²) in [5.41, 5.74) is 6.65. The van der Waals surface area contributed by atoms with E-state index in [1.54, 1.807) is 32.2 Å². The third-order valence-electron chi connectivity index (χ3n) is 5.67. The largest absolute Gasteiger partial charge is 0.487 e. The minimum atomic E-state index is -0.782. The lowest BCUT2D eigenvalue weighted by atomic mass is 10.2. The first-order chi connectivity index (χ1) is 17.1. The maximum atomic E-state index is 13.9. The second kappa shape index (κ2) is 9.96. The van der Waals surface area contributed by atoms with E-state index in [1.165, 1.54) is 26.5 Å². The van der Waals surface area contributed by atoms with Crippen molar-refractivity contribution >= 4 is 34.9 Å². The highest BCUT2D eigenvalue weighted by molar-refractivity contribution is 6.31. The van der Waals surface area contributed by atoms with Gasteiger partial charge in [0.25, 0.3) is 5.56 Å². The van der Waals surface area contributed by atoms with Gasteiger partial charge in [0.15, 0.2) is 0 Å². The van der Waals surface area contributed by atoms with Crippen LogP contribution < -0.4 is 31.1 Å². The van der Waals surface area contributed by atoms with Crippen molar-refractivity contribution in [3.63, 3.8) is 0 Å². The number of nitrogens with two attached hydrogens (primary N) is 1. The van der Waals surface area contributed by atoms with Crippen molar-refractivity contribution in [3.05, 3.63) is 80.7 Å². The smallest absolute Gasteiger partial charge is 0.320 e. The molecule has 0 saturated heterocycles. The van der Waals surface area contributed by atoms with Crippen molar-refractivity contribution in [1.82, 2.24) is 9.88 Å². The number of anilines is 2. The molecule has 2 heterocycles. The van der Waals surface area contributed by atoms with Gasteiger partial charge < -0.3 is 15.8 Å². The van der Waals surface area contributed by atoms with Crippen molar-refractivity contribution in [3.8, 4) is 11.4 Å². The number of aryl methyl sites for hydroxylation is 1. The van der Waals surface area contributed by atoms with E-state index < -0.39 is 23.2 Å². The molecular weight excluding hydrogens is 496 g/mol. The van der Waals surface area contributed by atoms with Crippen molar-refractivity contribution in [2.75, 3.05) is 30.1 Å². The van der Waals surface area contributed by atoms with Crippen LogP contribution in [0, 0.1) is 18.6 Å². The molecule has 0 bridgehead atoms. The molecule has 188 valence electrons. The summed E-state index contributed by atoms with van der Waals surface area (Å²) >= 11 is 6.29. The van der Waals surface area contributed by atoms with E-state index in [0.717, 1.165) is 12.1 Å². The summed E-state index contributed by atoms with van der Waals surface area (Å²) < 4.78 is 33.9. The van der Waals surface area contributed by atoms with Gasteiger partial charge in [-0.3, -0.25) is 24.0 Å². The number of urea groups is 1. The number of carbonyl (C=O) groups excluding carboxylic acids is 2. The second-order valence-electron chi connectivity index (χ2n) is 8.06. The molecule has 1 aliphatic rings. The van der Waals surface area contributed by atoms with Crippen LogP contribution in [0.2, 0.25) is 5.02 Å². The summed E-state index contributed by atoms with van der Waals surface area (Å²) in [6.07, 6.45) is 0. The molecule has 0 unspecified atom stereocenters.